The molecular weight excluding hydrogens is 340 g/mol. The largest absolute Gasteiger partial charge is 0.490 e. The molecule has 1 aliphatic heterocycles. The van der Waals surface area contributed by atoms with Crippen LogP contribution in [0.2, 0.25) is 5.02 Å². The normalized spacial score (nSPS) is 15.0. The van der Waals surface area contributed by atoms with Gasteiger partial charge in [-0.3, -0.25) is 4.79 Å². The van der Waals surface area contributed by atoms with E-state index >= 15 is 0 Å². The zero-order valence-electron chi connectivity index (χ0n) is 14.2. The molecule has 1 aliphatic rings. The summed E-state index contributed by atoms with van der Waals surface area (Å²) in [6.07, 6.45) is 2.71. The van der Waals surface area contributed by atoms with Gasteiger partial charge in [-0.1, -0.05) is 11.6 Å². The zero-order chi connectivity index (χ0) is 17.6. The predicted octanol–water partition coefficient (Wildman–Crippen LogP) is 3.99. The minimum absolute atomic E-state index is 0.146. The SMILES string of the molecule is CCOc1ccc(C=O)c(N2CCC(Oc3ccc(Cl)cc3)CC2)n1. The Kier molecular flexibility index (Phi) is 5.76. The number of halogens is 1. The van der Waals surface area contributed by atoms with Crippen LogP contribution >= 0.6 is 11.6 Å². The van der Waals surface area contributed by atoms with Crippen LogP contribution in [0.15, 0.2) is 36.4 Å². The zero-order valence-corrected chi connectivity index (χ0v) is 14.9. The summed E-state index contributed by atoms with van der Waals surface area (Å²) >= 11 is 5.90. The van der Waals surface area contributed by atoms with Crippen LogP contribution < -0.4 is 14.4 Å². The Labute approximate surface area is 152 Å². The van der Waals surface area contributed by atoms with E-state index in [0.717, 1.165) is 38.0 Å². The number of nitrogens with zero attached hydrogens (tertiary/aromatic N) is 2. The van der Waals surface area contributed by atoms with Gasteiger partial charge < -0.3 is 14.4 Å². The number of anilines is 1. The Morgan fingerprint density at radius 3 is 2.56 bits per heavy atom. The summed E-state index contributed by atoms with van der Waals surface area (Å²) in [5.41, 5.74) is 0.584. The molecule has 3 rings (SSSR count). The number of benzene rings is 1. The van der Waals surface area contributed by atoms with Crippen LogP contribution in [0.3, 0.4) is 0 Å². The van der Waals surface area contributed by atoms with Gasteiger partial charge in [0, 0.05) is 37.0 Å². The van der Waals surface area contributed by atoms with Crippen molar-refractivity contribution in [3.8, 4) is 11.6 Å². The van der Waals surface area contributed by atoms with E-state index in [1.807, 2.05) is 31.2 Å². The van der Waals surface area contributed by atoms with Crippen LogP contribution in [0.4, 0.5) is 5.82 Å². The maximum atomic E-state index is 11.3. The number of rotatable bonds is 6. The molecule has 2 heterocycles. The lowest BCUT2D eigenvalue weighted by atomic mass is 10.1. The number of aromatic nitrogens is 1. The van der Waals surface area contributed by atoms with Gasteiger partial charge in [-0.15, -0.1) is 0 Å². The Hall–Kier alpha value is -2.27. The molecule has 5 nitrogen and oxygen atoms in total. The second-order valence-electron chi connectivity index (χ2n) is 5.87. The van der Waals surface area contributed by atoms with Gasteiger partial charge in [-0.2, -0.15) is 4.98 Å². The highest BCUT2D eigenvalue weighted by Gasteiger charge is 2.23. The van der Waals surface area contributed by atoms with Crippen molar-refractivity contribution in [2.24, 2.45) is 0 Å². The highest BCUT2D eigenvalue weighted by atomic mass is 35.5. The van der Waals surface area contributed by atoms with E-state index in [9.17, 15) is 4.79 Å². The van der Waals surface area contributed by atoms with Gasteiger partial charge in [0.15, 0.2) is 6.29 Å². The van der Waals surface area contributed by atoms with Crippen molar-refractivity contribution in [3.05, 3.63) is 47.0 Å². The topological polar surface area (TPSA) is 51.7 Å². The molecule has 1 fully saturated rings. The summed E-state index contributed by atoms with van der Waals surface area (Å²) in [5.74, 6) is 2.06. The van der Waals surface area contributed by atoms with E-state index in [1.54, 1.807) is 12.1 Å². The van der Waals surface area contributed by atoms with Crippen LogP contribution in [-0.4, -0.2) is 37.1 Å². The Morgan fingerprint density at radius 2 is 1.92 bits per heavy atom. The first-order chi connectivity index (χ1) is 12.2. The van der Waals surface area contributed by atoms with Crippen molar-refractivity contribution < 1.29 is 14.3 Å². The second kappa shape index (κ2) is 8.21. The fraction of sp³-hybridized carbons (Fsp3) is 0.368. The summed E-state index contributed by atoms with van der Waals surface area (Å²) in [6.45, 7) is 4.02. The first kappa shape index (κ1) is 17.5. The number of carbonyl (C=O) groups excluding carboxylic acids is 1. The number of hydrogen-bond acceptors (Lipinski definition) is 5. The maximum Gasteiger partial charge on any atom is 0.215 e. The van der Waals surface area contributed by atoms with Gasteiger partial charge in [0.2, 0.25) is 5.88 Å². The predicted molar refractivity (Wildman–Crippen MR) is 98.1 cm³/mol. The van der Waals surface area contributed by atoms with E-state index in [4.69, 9.17) is 21.1 Å². The minimum Gasteiger partial charge on any atom is -0.490 e. The van der Waals surface area contributed by atoms with Crippen molar-refractivity contribution in [1.82, 2.24) is 4.98 Å². The smallest absolute Gasteiger partial charge is 0.215 e. The number of aldehydes is 1. The molecule has 0 atom stereocenters. The lowest BCUT2D eigenvalue weighted by Crippen LogP contribution is -2.39. The summed E-state index contributed by atoms with van der Waals surface area (Å²) < 4.78 is 11.5. The van der Waals surface area contributed by atoms with E-state index in [1.165, 1.54) is 0 Å². The molecule has 0 amide bonds. The van der Waals surface area contributed by atoms with Crippen LogP contribution in [0, 0.1) is 0 Å². The quantitative estimate of drug-likeness (QED) is 0.729. The molecule has 0 radical (unpaired) electrons. The second-order valence-corrected chi connectivity index (χ2v) is 6.31. The Morgan fingerprint density at radius 1 is 1.20 bits per heavy atom. The summed E-state index contributed by atoms with van der Waals surface area (Å²) in [7, 11) is 0. The van der Waals surface area contributed by atoms with Crippen LogP contribution in [0.5, 0.6) is 11.6 Å². The number of ether oxygens (including phenoxy) is 2. The van der Waals surface area contributed by atoms with Crippen molar-refractivity contribution in [2.75, 3.05) is 24.6 Å². The molecule has 0 spiro atoms. The summed E-state index contributed by atoms with van der Waals surface area (Å²) in [5, 5.41) is 0.698. The lowest BCUT2D eigenvalue weighted by Gasteiger charge is -2.33. The number of carbonyl (C=O) groups is 1. The average molecular weight is 361 g/mol. The van der Waals surface area contributed by atoms with Gasteiger partial charge in [0.25, 0.3) is 0 Å². The minimum atomic E-state index is 0.146. The average Bonchev–Trinajstić information content (AvgIpc) is 2.64. The van der Waals surface area contributed by atoms with Crippen molar-refractivity contribution in [1.29, 1.82) is 0 Å². The van der Waals surface area contributed by atoms with Gasteiger partial charge in [-0.05, 0) is 37.3 Å². The lowest BCUT2D eigenvalue weighted by molar-refractivity contribution is 0.112. The van der Waals surface area contributed by atoms with Gasteiger partial charge in [-0.25, -0.2) is 0 Å². The fourth-order valence-corrected chi connectivity index (χ4v) is 3.03. The molecular formula is C19H21ClN2O3. The van der Waals surface area contributed by atoms with E-state index in [0.29, 0.717) is 28.9 Å². The third kappa shape index (κ3) is 4.42. The van der Waals surface area contributed by atoms with Gasteiger partial charge in [0.1, 0.15) is 17.7 Å². The van der Waals surface area contributed by atoms with Crippen LogP contribution in [0.25, 0.3) is 0 Å². The monoisotopic (exact) mass is 360 g/mol. The van der Waals surface area contributed by atoms with E-state index in [2.05, 4.69) is 9.88 Å². The Balaban J connectivity index is 1.64. The third-order valence-electron chi connectivity index (χ3n) is 4.16. The maximum absolute atomic E-state index is 11.3. The molecule has 0 unspecified atom stereocenters. The molecule has 1 saturated heterocycles. The molecule has 0 aliphatic carbocycles. The van der Waals surface area contributed by atoms with E-state index < -0.39 is 0 Å². The van der Waals surface area contributed by atoms with Crippen molar-refractivity contribution in [3.63, 3.8) is 0 Å². The van der Waals surface area contributed by atoms with Crippen molar-refractivity contribution >= 4 is 23.7 Å². The highest BCUT2D eigenvalue weighted by Crippen LogP contribution is 2.26. The van der Waals surface area contributed by atoms with Crippen LogP contribution in [0.1, 0.15) is 30.1 Å². The van der Waals surface area contributed by atoms with Gasteiger partial charge in [0.05, 0.1) is 12.2 Å². The molecule has 1 aromatic carbocycles. The fourth-order valence-electron chi connectivity index (χ4n) is 2.91. The van der Waals surface area contributed by atoms with Gasteiger partial charge >= 0.3 is 0 Å². The molecule has 6 heteroatoms. The molecule has 132 valence electrons. The molecule has 0 bridgehead atoms. The number of piperidine rings is 1. The summed E-state index contributed by atoms with van der Waals surface area (Å²) in [6, 6.07) is 10.9. The molecule has 0 saturated carbocycles. The molecule has 1 aromatic heterocycles. The number of hydrogen-bond donors (Lipinski definition) is 0. The highest BCUT2D eigenvalue weighted by molar-refractivity contribution is 6.30. The van der Waals surface area contributed by atoms with Crippen LogP contribution in [-0.2, 0) is 0 Å². The van der Waals surface area contributed by atoms with E-state index in [-0.39, 0.29) is 6.10 Å². The summed E-state index contributed by atoms with van der Waals surface area (Å²) in [4.78, 5) is 17.9. The standard InChI is InChI=1S/C19H21ClN2O3/c1-2-24-18-8-3-14(13-23)19(21-18)22-11-9-17(10-12-22)25-16-6-4-15(20)5-7-16/h3-8,13,17H,2,9-12H2,1H3. The molecule has 2 aromatic rings. The number of pyridine rings is 1. The van der Waals surface area contributed by atoms with Crippen molar-refractivity contribution in [2.45, 2.75) is 25.9 Å². The first-order valence-electron chi connectivity index (χ1n) is 8.45. The third-order valence-corrected chi connectivity index (χ3v) is 4.41. The molecule has 0 N–H and O–H groups in total. The molecule has 25 heavy (non-hydrogen) atoms. The Bertz CT molecular complexity index is 713. The first-order valence-corrected chi connectivity index (χ1v) is 8.83.